The van der Waals surface area contributed by atoms with E-state index >= 15 is 0 Å². The second-order valence-electron chi connectivity index (χ2n) is 7.70. The molecule has 0 radical (unpaired) electrons. The Bertz CT molecular complexity index is 1020. The van der Waals surface area contributed by atoms with Crippen LogP contribution in [0.5, 0.6) is 0 Å². The maximum absolute atomic E-state index is 12.6. The SMILES string of the molecule is C[C@@H](C(=O)NCCc1nc(C(C)(C)C)cs1)N1C(=O)c2ccccc2S1(=O)=O. The van der Waals surface area contributed by atoms with Gasteiger partial charge >= 0.3 is 0 Å². The predicted molar refractivity (Wildman–Crippen MR) is 107 cm³/mol. The van der Waals surface area contributed by atoms with E-state index in [9.17, 15) is 18.0 Å². The van der Waals surface area contributed by atoms with Crippen LogP contribution in [0.4, 0.5) is 0 Å². The molecule has 150 valence electrons. The van der Waals surface area contributed by atoms with Gasteiger partial charge in [-0.2, -0.15) is 0 Å². The number of nitrogens with zero attached hydrogens (tertiary/aromatic N) is 2. The number of sulfonamides is 1. The summed E-state index contributed by atoms with van der Waals surface area (Å²) < 4.78 is 26.0. The zero-order valence-electron chi connectivity index (χ0n) is 16.2. The lowest BCUT2D eigenvalue weighted by molar-refractivity contribution is -0.123. The van der Waals surface area contributed by atoms with Crippen LogP contribution in [0, 0.1) is 0 Å². The van der Waals surface area contributed by atoms with Crippen LogP contribution in [-0.2, 0) is 26.7 Å². The number of fused-ring (bicyclic) bond motifs is 1. The van der Waals surface area contributed by atoms with Gasteiger partial charge in [0.15, 0.2) is 0 Å². The summed E-state index contributed by atoms with van der Waals surface area (Å²) in [5.41, 5.74) is 1.06. The van der Waals surface area contributed by atoms with Gasteiger partial charge in [0.25, 0.3) is 15.9 Å². The molecule has 9 heteroatoms. The molecule has 28 heavy (non-hydrogen) atoms. The van der Waals surface area contributed by atoms with Crippen molar-refractivity contribution in [3.8, 4) is 0 Å². The molecule has 0 aliphatic carbocycles. The van der Waals surface area contributed by atoms with Crippen molar-refractivity contribution >= 4 is 33.2 Å². The smallest absolute Gasteiger partial charge is 0.269 e. The second kappa shape index (κ2) is 7.29. The Hall–Kier alpha value is -2.26. The van der Waals surface area contributed by atoms with Gasteiger partial charge in [0, 0.05) is 23.8 Å². The highest BCUT2D eigenvalue weighted by atomic mass is 32.2. The molecule has 1 atom stereocenters. The van der Waals surface area contributed by atoms with Crippen LogP contribution < -0.4 is 5.32 Å². The van der Waals surface area contributed by atoms with Crippen molar-refractivity contribution < 1.29 is 18.0 Å². The summed E-state index contributed by atoms with van der Waals surface area (Å²) in [6.45, 7) is 7.98. The topological polar surface area (TPSA) is 96.4 Å². The number of amides is 2. The van der Waals surface area contributed by atoms with Crippen molar-refractivity contribution in [1.29, 1.82) is 0 Å². The molecule has 0 unspecified atom stereocenters. The molecular weight excluding hydrogens is 398 g/mol. The number of benzene rings is 1. The van der Waals surface area contributed by atoms with Crippen LogP contribution >= 0.6 is 11.3 Å². The molecule has 3 rings (SSSR count). The number of thiazole rings is 1. The Kier molecular flexibility index (Phi) is 5.33. The highest BCUT2D eigenvalue weighted by Crippen LogP contribution is 2.31. The van der Waals surface area contributed by atoms with E-state index in [0.717, 1.165) is 10.7 Å². The summed E-state index contributed by atoms with van der Waals surface area (Å²) in [5, 5.41) is 5.62. The fraction of sp³-hybridized carbons (Fsp3) is 0.421. The van der Waals surface area contributed by atoms with E-state index in [4.69, 9.17) is 0 Å². The Morgan fingerprint density at radius 3 is 2.57 bits per heavy atom. The van der Waals surface area contributed by atoms with E-state index in [1.165, 1.54) is 30.4 Å². The quantitative estimate of drug-likeness (QED) is 0.799. The number of hydrogen-bond acceptors (Lipinski definition) is 6. The first-order valence-electron chi connectivity index (χ1n) is 8.94. The van der Waals surface area contributed by atoms with Crippen LogP contribution in [-0.4, -0.2) is 42.1 Å². The van der Waals surface area contributed by atoms with E-state index in [-0.39, 0.29) is 15.9 Å². The highest BCUT2D eigenvalue weighted by molar-refractivity contribution is 7.90. The van der Waals surface area contributed by atoms with Crippen LogP contribution in [0.2, 0.25) is 0 Å². The summed E-state index contributed by atoms with van der Waals surface area (Å²) in [7, 11) is -4.02. The van der Waals surface area contributed by atoms with Crippen molar-refractivity contribution in [2.24, 2.45) is 0 Å². The Morgan fingerprint density at radius 2 is 1.96 bits per heavy atom. The van der Waals surface area contributed by atoms with Gasteiger partial charge < -0.3 is 5.32 Å². The molecule has 7 nitrogen and oxygen atoms in total. The molecule has 0 bridgehead atoms. The van der Waals surface area contributed by atoms with Crippen LogP contribution in [0.3, 0.4) is 0 Å². The van der Waals surface area contributed by atoms with Crippen molar-refractivity contribution in [3.63, 3.8) is 0 Å². The fourth-order valence-electron chi connectivity index (χ4n) is 2.90. The first-order chi connectivity index (χ1) is 13.0. The fourth-order valence-corrected chi connectivity index (χ4v) is 5.65. The predicted octanol–water partition coefficient (Wildman–Crippen LogP) is 2.33. The number of rotatable bonds is 5. The van der Waals surface area contributed by atoms with Crippen LogP contribution in [0.25, 0.3) is 0 Å². The maximum atomic E-state index is 12.6. The van der Waals surface area contributed by atoms with Gasteiger partial charge in [0.1, 0.15) is 10.9 Å². The van der Waals surface area contributed by atoms with E-state index in [2.05, 4.69) is 31.1 Å². The molecule has 1 aliphatic heterocycles. The third kappa shape index (κ3) is 3.68. The van der Waals surface area contributed by atoms with Crippen LogP contribution in [0.1, 0.15) is 48.8 Å². The maximum Gasteiger partial charge on any atom is 0.269 e. The molecule has 1 N–H and O–H groups in total. The number of carbonyl (C=O) groups is 2. The first kappa shape index (κ1) is 20.5. The zero-order valence-corrected chi connectivity index (χ0v) is 17.9. The molecule has 2 heterocycles. The third-order valence-corrected chi connectivity index (χ3v) is 7.36. The summed E-state index contributed by atoms with van der Waals surface area (Å²) in [5.74, 6) is -1.19. The van der Waals surface area contributed by atoms with Gasteiger partial charge in [-0.3, -0.25) is 9.59 Å². The molecule has 1 aromatic heterocycles. The summed E-state index contributed by atoms with van der Waals surface area (Å²) >= 11 is 1.53. The molecule has 0 spiro atoms. The Labute approximate surface area is 168 Å². The van der Waals surface area contributed by atoms with Crippen molar-refractivity contribution in [3.05, 3.63) is 45.9 Å². The van der Waals surface area contributed by atoms with Gasteiger partial charge in [-0.15, -0.1) is 11.3 Å². The van der Waals surface area contributed by atoms with E-state index in [1.54, 1.807) is 12.1 Å². The minimum Gasteiger partial charge on any atom is -0.354 e. The lowest BCUT2D eigenvalue weighted by Gasteiger charge is -2.22. The summed E-state index contributed by atoms with van der Waals surface area (Å²) in [6, 6.07) is 4.85. The Balaban J connectivity index is 1.64. The van der Waals surface area contributed by atoms with E-state index in [0.29, 0.717) is 17.3 Å². The average Bonchev–Trinajstić information content (AvgIpc) is 3.17. The van der Waals surface area contributed by atoms with Gasteiger partial charge in [0.05, 0.1) is 16.3 Å². The standard InChI is InChI=1S/C19H23N3O4S2/c1-12(22-18(24)13-7-5-6-8-14(13)28(22,25)26)17(23)20-10-9-16-21-15(11-27-16)19(2,3)4/h5-8,11-12H,9-10H2,1-4H3,(H,20,23)/t12-/m0/s1. The third-order valence-electron chi connectivity index (χ3n) is 4.54. The average molecular weight is 422 g/mol. The van der Waals surface area contributed by atoms with Crippen molar-refractivity contribution in [2.75, 3.05) is 6.54 Å². The van der Waals surface area contributed by atoms with Crippen LogP contribution in [0.15, 0.2) is 34.5 Å². The first-order valence-corrected chi connectivity index (χ1v) is 11.3. The zero-order chi connectivity index (χ0) is 20.7. The van der Waals surface area contributed by atoms with Crippen molar-refractivity contribution in [2.45, 2.75) is 50.5 Å². The number of aromatic nitrogens is 1. The molecule has 2 amide bonds. The minimum absolute atomic E-state index is 0.0357. The number of carbonyl (C=O) groups excluding carboxylic acids is 2. The van der Waals surface area contributed by atoms with Gasteiger partial charge in [0.2, 0.25) is 5.91 Å². The van der Waals surface area contributed by atoms with E-state index in [1.807, 2.05) is 5.38 Å². The minimum atomic E-state index is -4.02. The lowest BCUT2D eigenvalue weighted by atomic mass is 9.93. The monoisotopic (exact) mass is 421 g/mol. The van der Waals surface area contributed by atoms with Gasteiger partial charge in [-0.05, 0) is 19.1 Å². The largest absolute Gasteiger partial charge is 0.354 e. The molecule has 2 aromatic rings. The second-order valence-corrected chi connectivity index (χ2v) is 10.4. The molecule has 0 saturated heterocycles. The number of nitrogens with one attached hydrogen (secondary N) is 1. The summed E-state index contributed by atoms with van der Waals surface area (Å²) in [6.07, 6.45) is 0.542. The molecule has 1 aliphatic rings. The van der Waals surface area contributed by atoms with Gasteiger partial charge in [-0.1, -0.05) is 32.9 Å². The number of hydrogen-bond donors (Lipinski definition) is 1. The van der Waals surface area contributed by atoms with Gasteiger partial charge in [-0.25, -0.2) is 17.7 Å². The van der Waals surface area contributed by atoms with Crippen molar-refractivity contribution in [1.82, 2.24) is 14.6 Å². The summed E-state index contributed by atoms with van der Waals surface area (Å²) in [4.78, 5) is 29.5. The molecular formula is C19H23N3O4S2. The Morgan fingerprint density at radius 1 is 1.29 bits per heavy atom. The highest BCUT2D eigenvalue weighted by Gasteiger charge is 2.45. The van der Waals surface area contributed by atoms with E-state index < -0.39 is 27.9 Å². The molecule has 1 aromatic carbocycles. The normalized spacial score (nSPS) is 16.7. The molecule has 0 fully saturated rings. The molecule has 0 saturated carbocycles. The lowest BCUT2D eigenvalue weighted by Crippen LogP contribution is -2.48.